The molecule has 1 aromatic heterocycles. The molecule has 0 bridgehead atoms. The molecule has 1 aliphatic heterocycles. The molecule has 11 heteroatoms. The number of benzene rings is 2. The van der Waals surface area contributed by atoms with E-state index < -0.39 is 15.8 Å². The van der Waals surface area contributed by atoms with Crippen LogP contribution in [-0.4, -0.2) is 55.5 Å². The Morgan fingerprint density at radius 2 is 1.75 bits per heavy atom. The predicted molar refractivity (Wildman–Crippen MR) is 118 cm³/mol. The number of urea groups is 1. The highest BCUT2D eigenvalue weighted by Crippen LogP contribution is 2.21. The van der Waals surface area contributed by atoms with Crippen molar-refractivity contribution in [2.45, 2.75) is 4.90 Å². The van der Waals surface area contributed by atoms with Gasteiger partial charge in [0.05, 0.1) is 4.90 Å². The molecule has 9 nitrogen and oxygen atoms in total. The minimum absolute atomic E-state index is 0.118. The van der Waals surface area contributed by atoms with Gasteiger partial charge in [-0.1, -0.05) is 6.07 Å². The van der Waals surface area contributed by atoms with Crippen molar-refractivity contribution in [3.05, 3.63) is 72.9 Å². The average Bonchev–Trinajstić information content (AvgIpc) is 2.80. The Hall–Kier alpha value is -3.73. The van der Waals surface area contributed by atoms with Crippen LogP contribution in [0, 0.1) is 5.82 Å². The first-order valence-electron chi connectivity index (χ1n) is 9.86. The van der Waals surface area contributed by atoms with Crippen LogP contribution in [0.4, 0.5) is 26.4 Å². The van der Waals surface area contributed by atoms with Crippen molar-refractivity contribution in [3.63, 3.8) is 0 Å². The van der Waals surface area contributed by atoms with E-state index in [1.807, 2.05) is 0 Å². The van der Waals surface area contributed by atoms with Crippen molar-refractivity contribution >= 4 is 33.2 Å². The van der Waals surface area contributed by atoms with Crippen molar-refractivity contribution in [2.24, 2.45) is 0 Å². The fourth-order valence-corrected chi connectivity index (χ4v) is 4.33. The van der Waals surface area contributed by atoms with E-state index in [0.717, 1.165) is 5.69 Å². The van der Waals surface area contributed by atoms with E-state index in [2.05, 4.69) is 24.9 Å². The normalized spacial score (nSPS) is 14.2. The van der Waals surface area contributed by atoms with Gasteiger partial charge in [0.25, 0.3) is 10.0 Å². The van der Waals surface area contributed by atoms with Crippen LogP contribution in [0.5, 0.6) is 0 Å². The molecule has 0 aliphatic carbocycles. The van der Waals surface area contributed by atoms with Crippen molar-refractivity contribution in [2.75, 3.05) is 41.1 Å². The molecule has 2 aromatic carbocycles. The second-order valence-electron chi connectivity index (χ2n) is 7.11. The molecule has 32 heavy (non-hydrogen) atoms. The maximum Gasteiger partial charge on any atom is 0.321 e. The summed E-state index contributed by atoms with van der Waals surface area (Å²) < 4.78 is 40.7. The highest BCUT2D eigenvalue weighted by molar-refractivity contribution is 7.92. The monoisotopic (exact) mass is 456 g/mol. The molecule has 0 spiro atoms. The first kappa shape index (κ1) is 21.5. The molecule has 166 valence electrons. The summed E-state index contributed by atoms with van der Waals surface area (Å²) in [5.74, 6) is -0.220. The molecule has 0 atom stereocenters. The largest absolute Gasteiger partial charge is 0.368 e. The Balaban J connectivity index is 1.34. The van der Waals surface area contributed by atoms with Crippen molar-refractivity contribution < 1.29 is 17.6 Å². The number of carbonyl (C=O) groups is 1. The van der Waals surface area contributed by atoms with Crippen LogP contribution in [0.1, 0.15) is 0 Å². The van der Waals surface area contributed by atoms with Gasteiger partial charge in [0.2, 0.25) is 0 Å². The minimum atomic E-state index is -3.76. The number of anilines is 3. The summed E-state index contributed by atoms with van der Waals surface area (Å²) in [6.07, 6.45) is 2.71. The Kier molecular flexibility index (Phi) is 6.17. The van der Waals surface area contributed by atoms with E-state index >= 15 is 0 Å². The molecule has 2 amide bonds. The zero-order chi connectivity index (χ0) is 22.6. The van der Waals surface area contributed by atoms with E-state index in [4.69, 9.17) is 0 Å². The standard InChI is InChI=1S/C21H21FN6O3S/c22-16-2-1-3-17(14-16)25-21(29)28-12-10-27(11-13-28)18-4-6-19(7-5-18)32(30,31)26-20-8-9-23-15-24-20/h1-9,14-15H,10-13H2,(H,25,29)(H,23,24,26). The fourth-order valence-electron chi connectivity index (χ4n) is 3.32. The van der Waals surface area contributed by atoms with Gasteiger partial charge >= 0.3 is 6.03 Å². The second-order valence-corrected chi connectivity index (χ2v) is 8.79. The van der Waals surface area contributed by atoms with Gasteiger partial charge in [0.15, 0.2) is 0 Å². The summed E-state index contributed by atoms with van der Waals surface area (Å²) in [6, 6.07) is 13.5. The Morgan fingerprint density at radius 3 is 2.41 bits per heavy atom. The maximum absolute atomic E-state index is 13.3. The number of hydrogen-bond donors (Lipinski definition) is 2. The molecular formula is C21H21FN6O3S. The molecule has 1 saturated heterocycles. The van der Waals surface area contributed by atoms with Gasteiger partial charge < -0.3 is 15.1 Å². The van der Waals surface area contributed by atoms with E-state index in [9.17, 15) is 17.6 Å². The number of nitrogens with zero attached hydrogens (tertiary/aromatic N) is 4. The van der Waals surface area contributed by atoms with E-state index in [1.165, 1.54) is 48.9 Å². The Morgan fingerprint density at radius 1 is 1.00 bits per heavy atom. The third-order valence-corrected chi connectivity index (χ3v) is 6.35. The van der Waals surface area contributed by atoms with Crippen LogP contribution in [0.2, 0.25) is 0 Å². The van der Waals surface area contributed by atoms with Crippen molar-refractivity contribution in [1.29, 1.82) is 0 Å². The predicted octanol–water partition coefficient (Wildman–Crippen LogP) is 2.77. The number of carbonyl (C=O) groups excluding carboxylic acids is 1. The van der Waals surface area contributed by atoms with Gasteiger partial charge in [0, 0.05) is 43.8 Å². The van der Waals surface area contributed by atoms with Gasteiger partial charge in [-0.05, 0) is 48.5 Å². The van der Waals surface area contributed by atoms with Crippen LogP contribution >= 0.6 is 0 Å². The van der Waals surface area contributed by atoms with Gasteiger partial charge in [-0.3, -0.25) is 4.72 Å². The second kappa shape index (κ2) is 9.18. The fraction of sp³-hybridized carbons (Fsp3) is 0.190. The van der Waals surface area contributed by atoms with Crippen LogP contribution < -0.4 is 14.9 Å². The quantitative estimate of drug-likeness (QED) is 0.611. The minimum Gasteiger partial charge on any atom is -0.368 e. The first-order valence-corrected chi connectivity index (χ1v) is 11.3. The number of hydrogen-bond acceptors (Lipinski definition) is 6. The SMILES string of the molecule is O=C(Nc1cccc(F)c1)N1CCN(c2ccc(S(=O)(=O)Nc3ccncn3)cc2)CC1. The highest BCUT2D eigenvalue weighted by Gasteiger charge is 2.22. The van der Waals surface area contributed by atoms with Crippen molar-refractivity contribution in [3.8, 4) is 0 Å². The summed E-state index contributed by atoms with van der Waals surface area (Å²) in [5, 5.41) is 2.70. The molecule has 0 saturated carbocycles. The van der Waals surface area contributed by atoms with Gasteiger partial charge in [0.1, 0.15) is 18.0 Å². The third-order valence-electron chi connectivity index (χ3n) is 4.98. The lowest BCUT2D eigenvalue weighted by Gasteiger charge is -2.36. The lowest BCUT2D eigenvalue weighted by Crippen LogP contribution is -2.50. The first-order chi connectivity index (χ1) is 15.4. The number of piperazine rings is 1. The summed E-state index contributed by atoms with van der Waals surface area (Å²) in [5.41, 5.74) is 1.26. The van der Waals surface area contributed by atoms with Gasteiger partial charge in [-0.25, -0.2) is 27.6 Å². The third kappa shape index (κ3) is 5.11. The Labute approximate surface area is 185 Å². The molecule has 1 fully saturated rings. The van der Waals surface area contributed by atoms with Crippen molar-refractivity contribution in [1.82, 2.24) is 14.9 Å². The number of halogens is 1. The number of sulfonamides is 1. The number of amides is 2. The molecule has 2 heterocycles. The number of nitrogens with one attached hydrogen (secondary N) is 2. The number of rotatable bonds is 5. The summed E-state index contributed by atoms with van der Waals surface area (Å²) in [7, 11) is -3.76. The van der Waals surface area contributed by atoms with E-state index in [0.29, 0.717) is 31.9 Å². The van der Waals surface area contributed by atoms with E-state index in [-0.39, 0.29) is 16.7 Å². The summed E-state index contributed by atoms with van der Waals surface area (Å²) in [4.78, 5) is 23.9. The topological polar surface area (TPSA) is 108 Å². The zero-order valence-electron chi connectivity index (χ0n) is 17.0. The van der Waals surface area contributed by atoms with Crippen LogP contribution in [-0.2, 0) is 10.0 Å². The zero-order valence-corrected chi connectivity index (χ0v) is 17.8. The number of aromatic nitrogens is 2. The Bertz CT molecular complexity index is 1180. The van der Waals surface area contributed by atoms with Gasteiger partial charge in [-0.15, -0.1) is 0 Å². The summed E-state index contributed by atoms with van der Waals surface area (Å²) in [6.45, 7) is 2.14. The summed E-state index contributed by atoms with van der Waals surface area (Å²) >= 11 is 0. The molecule has 1 aliphatic rings. The molecule has 0 radical (unpaired) electrons. The van der Waals surface area contributed by atoms with Crippen LogP contribution in [0.3, 0.4) is 0 Å². The lowest BCUT2D eigenvalue weighted by molar-refractivity contribution is 0.208. The maximum atomic E-state index is 13.3. The van der Waals surface area contributed by atoms with E-state index in [1.54, 1.807) is 23.1 Å². The molecular weight excluding hydrogens is 435 g/mol. The highest BCUT2D eigenvalue weighted by atomic mass is 32.2. The van der Waals surface area contributed by atoms with Gasteiger partial charge in [-0.2, -0.15) is 0 Å². The molecule has 2 N–H and O–H groups in total. The van der Waals surface area contributed by atoms with Crippen LogP contribution in [0.15, 0.2) is 72.0 Å². The smallest absolute Gasteiger partial charge is 0.321 e. The molecule has 0 unspecified atom stereocenters. The van der Waals surface area contributed by atoms with Crippen LogP contribution in [0.25, 0.3) is 0 Å². The molecule has 4 rings (SSSR count). The lowest BCUT2D eigenvalue weighted by atomic mass is 10.2. The molecule has 3 aromatic rings. The average molecular weight is 457 g/mol.